The van der Waals surface area contributed by atoms with E-state index in [1.807, 2.05) is 0 Å². The average Bonchev–Trinajstić information content (AvgIpc) is 2.75. The van der Waals surface area contributed by atoms with Crippen LogP contribution in [0.1, 0.15) is 19.3 Å². The lowest BCUT2D eigenvalue weighted by Crippen LogP contribution is -2.39. The smallest absolute Gasteiger partial charge is 0.317 e. The lowest BCUT2D eigenvalue weighted by atomic mass is 10.0. The average molecular weight is 244 g/mol. The summed E-state index contributed by atoms with van der Waals surface area (Å²) in [6.07, 6.45) is 1.73. The van der Waals surface area contributed by atoms with Crippen LogP contribution < -0.4 is 5.32 Å². The van der Waals surface area contributed by atoms with Crippen molar-refractivity contribution in [2.45, 2.75) is 19.3 Å². The summed E-state index contributed by atoms with van der Waals surface area (Å²) in [5.74, 6) is -0.452. The van der Waals surface area contributed by atoms with Gasteiger partial charge in [0.2, 0.25) is 0 Å². The van der Waals surface area contributed by atoms with Gasteiger partial charge in [-0.1, -0.05) is 0 Å². The van der Waals surface area contributed by atoms with E-state index in [-0.39, 0.29) is 12.5 Å². The molecule has 1 unspecified atom stereocenters. The molecule has 0 bridgehead atoms. The Morgan fingerprint density at radius 1 is 1.53 bits per heavy atom. The highest BCUT2D eigenvalue weighted by Gasteiger charge is 2.26. The first-order valence-electron chi connectivity index (χ1n) is 5.87. The second kappa shape index (κ2) is 7.11. The summed E-state index contributed by atoms with van der Waals surface area (Å²) >= 11 is 0. The predicted octanol–water partition coefficient (Wildman–Crippen LogP) is 0.529. The van der Waals surface area contributed by atoms with Crippen LogP contribution in [-0.2, 0) is 9.53 Å². The maximum atomic E-state index is 11.6. The number of hydrogen-bond donors (Lipinski definition) is 2. The van der Waals surface area contributed by atoms with E-state index in [4.69, 9.17) is 9.84 Å². The van der Waals surface area contributed by atoms with Gasteiger partial charge in [-0.3, -0.25) is 4.79 Å². The Morgan fingerprint density at radius 2 is 2.29 bits per heavy atom. The van der Waals surface area contributed by atoms with Crippen molar-refractivity contribution in [3.8, 4) is 0 Å². The molecule has 1 saturated heterocycles. The van der Waals surface area contributed by atoms with Gasteiger partial charge in [-0.25, -0.2) is 4.79 Å². The van der Waals surface area contributed by atoms with Crippen LogP contribution in [0.4, 0.5) is 4.79 Å². The third kappa shape index (κ3) is 5.04. The predicted molar refractivity (Wildman–Crippen MR) is 61.8 cm³/mol. The lowest BCUT2D eigenvalue weighted by Gasteiger charge is -2.17. The summed E-state index contributed by atoms with van der Waals surface area (Å²) in [6.45, 7) is 2.38. The largest absolute Gasteiger partial charge is 0.481 e. The Bertz CT molecular complexity index is 270. The van der Waals surface area contributed by atoms with Gasteiger partial charge in [0.15, 0.2) is 0 Å². The topological polar surface area (TPSA) is 78.9 Å². The molecule has 1 fully saturated rings. The number of carbonyl (C=O) groups is 2. The quantitative estimate of drug-likeness (QED) is 0.668. The van der Waals surface area contributed by atoms with Crippen LogP contribution in [0.25, 0.3) is 0 Å². The van der Waals surface area contributed by atoms with Crippen LogP contribution in [-0.4, -0.2) is 55.4 Å². The molecule has 1 heterocycles. The van der Waals surface area contributed by atoms with E-state index < -0.39 is 5.97 Å². The molecule has 0 aliphatic carbocycles. The van der Waals surface area contributed by atoms with E-state index in [2.05, 4.69) is 5.32 Å². The van der Waals surface area contributed by atoms with Crippen molar-refractivity contribution in [1.29, 1.82) is 0 Å². The number of urea groups is 1. The minimum Gasteiger partial charge on any atom is -0.481 e. The van der Waals surface area contributed by atoms with Crippen molar-refractivity contribution in [3.63, 3.8) is 0 Å². The van der Waals surface area contributed by atoms with E-state index in [0.29, 0.717) is 38.6 Å². The number of amides is 2. The molecule has 1 aliphatic heterocycles. The van der Waals surface area contributed by atoms with Crippen LogP contribution in [0.2, 0.25) is 0 Å². The normalized spacial score (nSPS) is 19.4. The van der Waals surface area contributed by atoms with Crippen LogP contribution in [0.3, 0.4) is 0 Å². The molecule has 1 atom stereocenters. The summed E-state index contributed by atoms with van der Waals surface area (Å²) in [6, 6.07) is -0.0834. The molecule has 17 heavy (non-hydrogen) atoms. The van der Waals surface area contributed by atoms with Crippen LogP contribution in [0.15, 0.2) is 0 Å². The number of rotatable bonds is 6. The summed E-state index contributed by atoms with van der Waals surface area (Å²) in [4.78, 5) is 23.8. The lowest BCUT2D eigenvalue weighted by molar-refractivity contribution is -0.137. The SMILES string of the molecule is COCCNC(=O)N1CCC(CCC(=O)O)C1. The molecule has 6 heteroatoms. The third-order valence-corrected chi connectivity index (χ3v) is 2.92. The van der Waals surface area contributed by atoms with Gasteiger partial charge in [0.05, 0.1) is 6.61 Å². The number of ether oxygens (including phenoxy) is 1. The Balaban J connectivity index is 2.20. The Hall–Kier alpha value is -1.30. The van der Waals surface area contributed by atoms with Crippen molar-refractivity contribution in [3.05, 3.63) is 0 Å². The number of nitrogens with one attached hydrogen (secondary N) is 1. The summed E-state index contributed by atoms with van der Waals surface area (Å²) in [7, 11) is 1.59. The molecule has 0 aromatic heterocycles. The zero-order chi connectivity index (χ0) is 12.7. The summed E-state index contributed by atoms with van der Waals surface area (Å²) in [5, 5.41) is 11.3. The molecular weight excluding hydrogens is 224 g/mol. The molecular formula is C11H20N2O4. The minimum atomic E-state index is -0.770. The second-order valence-corrected chi connectivity index (χ2v) is 4.26. The second-order valence-electron chi connectivity index (χ2n) is 4.26. The molecule has 6 nitrogen and oxygen atoms in total. The highest BCUT2D eigenvalue weighted by Crippen LogP contribution is 2.20. The van der Waals surface area contributed by atoms with Gasteiger partial charge in [-0.05, 0) is 18.8 Å². The van der Waals surface area contributed by atoms with E-state index >= 15 is 0 Å². The number of aliphatic carboxylic acids is 1. The molecule has 0 spiro atoms. The Kier molecular flexibility index (Phi) is 5.76. The fourth-order valence-corrected chi connectivity index (χ4v) is 1.95. The van der Waals surface area contributed by atoms with Gasteiger partial charge < -0.3 is 20.1 Å². The number of nitrogens with zero attached hydrogens (tertiary/aromatic N) is 1. The van der Waals surface area contributed by atoms with Gasteiger partial charge >= 0.3 is 12.0 Å². The Labute approximate surface area is 101 Å². The molecule has 1 aliphatic rings. The number of hydrogen-bond acceptors (Lipinski definition) is 3. The number of carboxylic acid groups (broad SMARTS) is 1. The summed E-state index contributed by atoms with van der Waals surface area (Å²) in [5.41, 5.74) is 0. The standard InChI is InChI=1S/C11H20N2O4/c1-17-7-5-12-11(16)13-6-4-9(8-13)2-3-10(14)15/h9H,2-8H2,1H3,(H,12,16)(H,14,15). The van der Waals surface area contributed by atoms with E-state index in [9.17, 15) is 9.59 Å². The Morgan fingerprint density at radius 3 is 2.94 bits per heavy atom. The zero-order valence-electron chi connectivity index (χ0n) is 10.1. The third-order valence-electron chi connectivity index (χ3n) is 2.92. The van der Waals surface area contributed by atoms with Gasteiger partial charge in [-0.15, -0.1) is 0 Å². The minimum absolute atomic E-state index is 0.0834. The fourth-order valence-electron chi connectivity index (χ4n) is 1.95. The van der Waals surface area contributed by atoms with Gasteiger partial charge in [0, 0.05) is 33.2 Å². The van der Waals surface area contributed by atoms with E-state index in [1.54, 1.807) is 12.0 Å². The van der Waals surface area contributed by atoms with Crippen molar-refractivity contribution < 1.29 is 19.4 Å². The number of carbonyl (C=O) groups excluding carboxylic acids is 1. The maximum absolute atomic E-state index is 11.6. The first-order chi connectivity index (χ1) is 8.13. The van der Waals surface area contributed by atoms with Crippen molar-refractivity contribution in [2.75, 3.05) is 33.4 Å². The van der Waals surface area contributed by atoms with Crippen molar-refractivity contribution in [2.24, 2.45) is 5.92 Å². The number of carboxylic acids is 1. The highest BCUT2D eigenvalue weighted by molar-refractivity contribution is 5.74. The molecule has 0 aromatic rings. The van der Waals surface area contributed by atoms with Crippen molar-refractivity contribution in [1.82, 2.24) is 10.2 Å². The molecule has 2 N–H and O–H groups in total. The first-order valence-corrected chi connectivity index (χ1v) is 5.87. The van der Waals surface area contributed by atoms with Gasteiger partial charge in [-0.2, -0.15) is 0 Å². The maximum Gasteiger partial charge on any atom is 0.317 e. The van der Waals surface area contributed by atoms with E-state index in [1.165, 1.54) is 0 Å². The first kappa shape index (κ1) is 13.8. The monoisotopic (exact) mass is 244 g/mol. The fraction of sp³-hybridized carbons (Fsp3) is 0.818. The summed E-state index contributed by atoms with van der Waals surface area (Å²) < 4.78 is 4.84. The molecule has 0 saturated carbocycles. The molecule has 2 amide bonds. The zero-order valence-corrected chi connectivity index (χ0v) is 10.1. The highest BCUT2D eigenvalue weighted by atomic mass is 16.5. The van der Waals surface area contributed by atoms with Crippen LogP contribution in [0.5, 0.6) is 0 Å². The number of likely N-dealkylation sites (tertiary alicyclic amines) is 1. The van der Waals surface area contributed by atoms with Gasteiger partial charge in [0.1, 0.15) is 0 Å². The van der Waals surface area contributed by atoms with Crippen molar-refractivity contribution >= 4 is 12.0 Å². The van der Waals surface area contributed by atoms with Gasteiger partial charge in [0.25, 0.3) is 0 Å². The molecule has 0 radical (unpaired) electrons. The van der Waals surface area contributed by atoms with E-state index in [0.717, 1.165) is 6.42 Å². The van der Waals surface area contributed by atoms with Crippen LogP contribution >= 0.6 is 0 Å². The number of methoxy groups -OCH3 is 1. The molecule has 98 valence electrons. The van der Waals surface area contributed by atoms with Crippen LogP contribution in [0, 0.1) is 5.92 Å². The molecule has 1 rings (SSSR count). The molecule has 0 aromatic carbocycles.